The van der Waals surface area contributed by atoms with Crippen LogP contribution in [0.1, 0.15) is 36.5 Å². The molecule has 1 saturated heterocycles. The van der Waals surface area contributed by atoms with Crippen LogP contribution in [-0.4, -0.2) is 87.6 Å². The Balaban J connectivity index is 2.19. The molecule has 1 aliphatic heterocycles. The van der Waals surface area contributed by atoms with E-state index < -0.39 is 67.0 Å². The van der Waals surface area contributed by atoms with Crippen molar-refractivity contribution < 1.29 is 44.3 Å². The van der Waals surface area contributed by atoms with Gasteiger partial charge < -0.3 is 40.5 Å². The van der Waals surface area contributed by atoms with Gasteiger partial charge in [0.05, 0.1) is 24.9 Å². The van der Waals surface area contributed by atoms with Crippen LogP contribution in [0.5, 0.6) is 0 Å². The number of carbonyl (C=O) groups excluding carboxylic acids is 2. The summed E-state index contributed by atoms with van der Waals surface area (Å²) in [6.45, 7) is 0.648. The van der Waals surface area contributed by atoms with Crippen molar-refractivity contribution in [2.75, 3.05) is 13.2 Å². The molecule has 2 rings (SSSR count). The molecule has 1 unspecified atom stereocenters. The summed E-state index contributed by atoms with van der Waals surface area (Å²) in [5.41, 5.74) is 0.329. The van der Waals surface area contributed by atoms with Crippen molar-refractivity contribution in [3.8, 4) is 12.3 Å². The molecule has 0 saturated carbocycles. The molecule has 2 amide bonds. The zero-order valence-electron chi connectivity index (χ0n) is 18.7. The van der Waals surface area contributed by atoms with Crippen LogP contribution in [-0.2, 0) is 19.1 Å². The number of terminal acetylenes is 1. The molecule has 11 heteroatoms. The molecule has 34 heavy (non-hydrogen) atoms. The fourth-order valence-electron chi connectivity index (χ4n) is 3.59. The van der Waals surface area contributed by atoms with Gasteiger partial charge >= 0.3 is 5.97 Å². The molecule has 1 aromatic rings. The number of carboxylic acid groups (broad SMARTS) is 1. The number of nitrogens with one attached hydrogen (secondary N) is 2. The number of aliphatic hydroxyl groups excluding tert-OH is 3. The summed E-state index contributed by atoms with van der Waals surface area (Å²) in [6, 6.07) is 6.91. The van der Waals surface area contributed by atoms with Gasteiger partial charge in [-0.25, -0.2) is 4.79 Å². The van der Waals surface area contributed by atoms with E-state index in [9.17, 15) is 34.8 Å². The minimum atomic E-state index is -2.35. The predicted octanol–water partition coefficient (Wildman–Crippen LogP) is -0.996. The number of carboxylic acids is 1. The van der Waals surface area contributed by atoms with E-state index in [1.54, 1.807) is 30.3 Å². The number of aliphatic hydroxyl groups is 3. The summed E-state index contributed by atoms with van der Waals surface area (Å²) in [7, 11) is 0. The van der Waals surface area contributed by atoms with Crippen LogP contribution in [0, 0.1) is 12.3 Å². The molecule has 11 nitrogen and oxygen atoms in total. The van der Waals surface area contributed by atoms with E-state index in [0.29, 0.717) is 18.4 Å². The van der Waals surface area contributed by atoms with Gasteiger partial charge in [0.15, 0.2) is 0 Å². The zero-order valence-corrected chi connectivity index (χ0v) is 18.7. The molecule has 6 N–H and O–H groups in total. The van der Waals surface area contributed by atoms with Gasteiger partial charge in [-0.15, -0.1) is 12.3 Å². The highest BCUT2D eigenvalue weighted by Crippen LogP contribution is 2.33. The van der Waals surface area contributed by atoms with Crippen molar-refractivity contribution in [1.29, 1.82) is 0 Å². The Morgan fingerprint density at radius 2 is 1.97 bits per heavy atom. The summed E-state index contributed by atoms with van der Waals surface area (Å²) in [5.74, 6) is -2.60. The quantitative estimate of drug-likeness (QED) is 0.172. The van der Waals surface area contributed by atoms with Gasteiger partial charge in [-0.2, -0.15) is 0 Å². The Kier molecular flexibility index (Phi) is 9.97. The smallest absolute Gasteiger partial charge is 0.364 e. The molecule has 0 radical (unpaired) electrons. The topological polar surface area (TPSA) is 175 Å². The van der Waals surface area contributed by atoms with Crippen molar-refractivity contribution in [2.45, 2.75) is 62.4 Å². The Morgan fingerprint density at radius 3 is 2.56 bits per heavy atom. The minimum Gasteiger partial charge on any atom is -0.477 e. The molecule has 0 bridgehead atoms. The fraction of sp³-hybridized carbons (Fsp3) is 0.522. The van der Waals surface area contributed by atoms with E-state index in [1.807, 2.05) is 0 Å². The van der Waals surface area contributed by atoms with Gasteiger partial charge in [0, 0.05) is 31.9 Å². The van der Waals surface area contributed by atoms with Crippen LogP contribution in [0.3, 0.4) is 0 Å². The van der Waals surface area contributed by atoms with Crippen LogP contribution in [0.15, 0.2) is 30.3 Å². The van der Waals surface area contributed by atoms with E-state index in [-0.39, 0.29) is 6.61 Å². The maximum atomic E-state index is 12.2. The van der Waals surface area contributed by atoms with Crippen LogP contribution in [0.2, 0.25) is 0 Å². The van der Waals surface area contributed by atoms with Crippen molar-refractivity contribution in [2.24, 2.45) is 0 Å². The molecule has 1 aliphatic rings. The lowest BCUT2D eigenvalue weighted by molar-refractivity contribution is -0.310. The molecule has 0 aromatic heterocycles. The van der Waals surface area contributed by atoms with Gasteiger partial charge in [-0.1, -0.05) is 18.2 Å². The largest absolute Gasteiger partial charge is 0.477 e. The first kappa shape index (κ1) is 27.2. The fourth-order valence-corrected chi connectivity index (χ4v) is 3.59. The molecule has 6 atom stereocenters. The summed E-state index contributed by atoms with van der Waals surface area (Å²) in [6.07, 6.45) is -1.24. The van der Waals surface area contributed by atoms with Gasteiger partial charge in [0.1, 0.15) is 12.2 Å². The molecule has 0 spiro atoms. The zero-order chi connectivity index (χ0) is 25.3. The molecular formula is C23H30N2O9. The lowest BCUT2D eigenvalue weighted by Gasteiger charge is -2.46. The summed E-state index contributed by atoms with van der Waals surface area (Å²) in [5, 5.41) is 46.6. The second kappa shape index (κ2) is 12.5. The summed E-state index contributed by atoms with van der Waals surface area (Å²) in [4.78, 5) is 35.9. The molecule has 1 fully saturated rings. The number of rotatable bonds is 11. The van der Waals surface area contributed by atoms with Crippen LogP contribution in [0.4, 0.5) is 0 Å². The third-order valence-corrected chi connectivity index (χ3v) is 5.31. The Morgan fingerprint density at radius 1 is 1.29 bits per heavy atom. The number of carbonyl (C=O) groups is 3. The molecule has 0 aliphatic carbocycles. The number of hydrogen-bond donors (Lipinski definition) is 6. The number of benzene rings is 1. The highest BCUT2D eigenvalue weighted by Gasteiger charge is 2.55. The predicted molar refractivity (Wildman–Crippen MR) is 118 cm³/mol. The highest BCUT2D eigenvalue weighted by atomic mass is 16.7. The monoisotopic (exact) mass is 478 g/mol. The second-order valence-corrected chi connectivity index (χ2v) is 7.93. The summed E-state index contributed by atoms with van der Waals surface area (Å²) >= 11 is 0. The Bertz CT molecular complexity index is 888. The first-order chi connectivity index (χ1) is 16.1. The number of hydrogen-bond acceptors (Lipinski definition) is 8. The number of ether oxygens (including phenoxy) is 2. The SMILES string of the molecule is C#CCCCO[C@]1(C(=O)O)C[C@H](O)[C@@H](NC(C)=O)C([C@H](O)[C@H](O)CNC(=O)c2ccccc2)O1. The first-order valence-electron chi connectivity index (χ1n) is 10.7. The van der Waals surface area contributed by atoms with Crippen LogP contribution in [0.25, 0.3) is 0 Å². The maximum absolute atomic E-state index is 12.2. The van der Waals surface area contributed by atoms with Gasteiger partial charge in [0.2, 0.25) is 5.91 Å². The summed E-state index contributed by atoms with van der Waals surface area (Å²) < 4.78 is 11.0. The van der Waals surface area contributed by atoms with E-state index in [2.05, 4.69) is 16.6 Å². The normalized spacial score (nSPS) is 26.0. The van der Waals surface area contributed by atoms with Gasteiger partial charge in [-0.05, 0) is 18.6 Å². The van der Waals surface area contributed by atoms with Crippen molar-refractivity contribution in [1.82, 2.24) is 10.6 Å². The third kappa shape index (κ3) is 6.99. The molecule has 186 valence electrons. The lowest BCUT2D eigenvalue weighted by Crippen LogP contribution is -2.68. The number of aliphatic carboxylic acids is 1. The average Bonchev–Trinajstić information content (AvgIpc) is 2.81. The standard InChI is InChI=1S/C23H30N2O9/c1-3-4-8-11-33-23(22(31)32)12-16(27)18(25-14(2)26)20(34-23)19(29)17(28)13-24-21(30)15-9-6-5-7-10-15/h1,5-7,9-10,16-20,27-29H,4,8,11-13H2,2H3,(H,24,30)(H,25,26)(H,31,32)/t16-,17+,18+,19+,20?,23+/m0/s1. The number of amides is 2. The van der Waals surface area contributed by atoms with Gasteiger partial charge in [-0.3, -0.25) is 9.59 Å². The van der Waals surface area contributed by atoms with Crippen molar-refractivity contribution in [3.63, 3.8) is 0 Å². The van der Waals surface area contributed by atoms with Crippen molar-refractivity contribution >= 4 is 17.8 Å². The third-order valence-electron chi connectivity index (χ3n) is 5.31. The molecule has 1 heterocycles. The first-order valence-corrected chi connectivity index (χ1v) is 10.7. The Labute approximate surface area is 197 Å². The van der Waals surface area contributed by atoms with E-state index >= 15 is 0 Å². The van der Waals surface area contributed by atoms with E-state index in [1.165, 1.54) is 6.92 Å². The lowest BCUT2D eigenvalue weighted by atomic mass is 9.88. The highest BCUT2D eigenvalue weighted by molar-refractivity contribution is 5.94. The molecular weight excluding hydrogens is 448 g/mol. The minimum absolute atomic E-state index is 0.105. The average molecular weight is 478 g/mol. The van der Waals surface area contributed by atoms with E-state index in [4.69, 9.17) is 15.9 Å². The maximum Gasteiger partial charge on any atom is 0.364 e. The number of unbranched alkanes of at least 4 members (excludes halogenated alkanes) is 1. The second-order valence-electron chi connectivity index (χ2n) is 7.93. The van der Waals surface area contributed by atoms with Crippen LogP contribution < -0.4 is 10.6 Å². The van der Waals surface area contributed by atoms with E-state index in [0.717, 1.165) is 0 Å². The Hall–Kier alpha value is -3.01. The van der Waals surface area contributed by atoms with Crippen LogP contribution >= 0.6 is 0 Å². The van der Waals surface area contributed by atoms with Crippen molar-refractivity contribution in [3.05, 3.63) is 35.9 Å². The molecule has 1 aromatic carbocycles. The van der Waals surface area contributed by atoms with Gasteiger partial charge in [0.25, 0.3) is 11.7 Å².